The molecule has 0 amide bonds. The van der Waals surface area contributed by atoms with E-state index in [2.05, 4.69) is 4.99 Å². The maximum atomic E-state index is 12.6. The van der Waals surface area contributed by atoms with Gasteiger partial charge in [-0.3, -0.25) is 14.9 Å². The number of thiocarbonyl (C=S) groups is 1. The molecular formula is C16H19N3O4S. The number of nitrogens with zero attached hydrogens (tertiary/aromatic N) is 3. The average Bonchev–Trinajstić information content (AvgIpc) is 2.49. The zero-order valence-corrected chi connectivity index (χ0v) is 14.7. The third-order valence-electron chi connectivity index (χ3n) is 3.79. The van der Waals surface area contributed by atoms with Crippen molar-refractivity contribution in [1.29, 1.82) is 0 Å². The van der Waals surface area contributed by atoms with Crippen LogP contribution in [-0.4, -0.2) is 39.8 Å². The van der Waals surface area contributed by atoms with E-state index in [0.717, 1.165) is 0 Å². The summed E-state index contributed by atoms with van der Waals surface area (Å²) in [5, 5.41) is 11.4. The predicted molar refractivity (Wildman–Crippen MR) is 94.0 cm³/mol. The molecule has 0 saturated carbocycles. The Kier molecular flexibility index (Phi) is 5.28. The Hall–Kier alpha value is -2.35. The lowest BCUT2D eigenvalue weighted by Gasteiger charge is -2.38. The molecule has 0 aliphatic carbocycles. The van der Waals surface area contributed by atoms with E-state index in [1.54, 1.807) is 44.9 Å². The van der Waals surface area contributed by atoms with Crippen molar-refractivity contribution < 1.29 is 14.5 Å². The maximum Gasteiger partial charge on any atom is 0.317 e. The molecule has 1 heterocycles. The molecule has 1 aromatic carbocycles. The molecule has 0 radical (unpaired) electrons. The van der Waals surface area contributed by atoms with Gasteiger partial charge in [0.15, 0.2) is 5.11 Å². The van der Waals surface area contributed by atoms with Crippen LogP contribution in [0.5, 0.6) is 0 Å². The minimum Gasteiger partial charge on any atom is -0.462 e. The van der Waals surface area contributed by atoms with Gasteiger partial charge in [-0.1, -0.05) is 12.1 Å². The molecular weight excluding hydrogens is 330 g/mol. The number of aliphatic imine (C=N–C) groups is 1. The molecule has 2 unspecified atom stereocenters. The SMILES string of the molecule is CC1=NC(=S)N(C)C(c2cccc([N+](=O)[O-])c2)C1C(=O)OC(C)C. The fourth-order valence-electron chi connectivity index (χ4n) is 2.71. The van der Waals surface area contributed by atoms with Gasteiger partial charge in [0, 0.05) is 24.9 Å². The van der Waals surface area contributed by atoms with Crippen LogP contribution in [0.3, 0.4) is 0 Å². The summed E-state index contributed by atoms with van der Waals surface area (Å²) < 4.78 is 5.35. The maximum absolute atomic E-state index is 12.6. The number of benzene rings is 1. The van der Waals surface area contributed by atoms with Crippen LogP contribution in [-0.2, 0) is 9.53 Å². The minimum absolute atomic E-state index is 0.0389. The Morgan fingerprint density at radius 2 is 2.12 bits per heavy atom. The molecule has 0 spiro atoms. The van der Waals surface area contributed by atoms with Gasteiger partial charge in [-0.25, -0.2) is 4.99 Å². The molecule has 7 nitrogen and oxygen atoms in total. The van der Waals surface area contributed by atoms with Gasteiger partial charge in [-0.05, 0) is 38.6 Å². The Labute approximate surface area is 145 Å². The molecule has 0 saturated heterocycles. The summed E-state index contributed by atoms with van der Waals surface area (Å²) in [6.45, 7) is 5.25. The van der Waals surface area contributed by atoms with Crippen molar-refractivity contribution in [2.24, 2.45) is 10.9 Å². The third-order valence-corrected chi connectivity index (χ3v) is 4.16. The molecule has 2 rings (SSSR count). The quantitative estimate of drug-likeness (QED) is 0.360. The summed E-state index contributed by atoms with van der Waals surface area (Å²) in [4.78, 5) is 29.1. The number of hydrogen-bond donors (Lipinski definition) is 0. The number of hydrogen-bond acceptors (Lipinski definition) is 5. The molecule has 0 fully saturated rings. The molecule has 8 heteroatoms. The van der Waals surface area contributed by atoms with Gasteiger partial charge < -0.3 is 9.64 Å². The lowest BCUT2D eigenvalue weighted by Crippen LogP contribution is -2.45. The van der Waals surface area contributed by atoms with Gasteiger partial charge in [-0.2, -0.15) is 0 Å². The highest BCUT2D eigenvalue weighted by Crippen LogP contribution is 2.35. The van der Waals surface area contributed by atoms with Crippen molar-refractivity contribution in [3.05, 3.63) is 39.9 Å². The van der Waals surface area contributed by atoms with Crippen molar-refractivity contribution in [1.82, 2.24) is 4.90 Å². The van der Waals surface area contributed by atoms with Gasteiger partial charge >= 0.3 is 5.97 Å². The fourth-order valence-corrected chi connectivity index (χ4v) is 2.97. The highest BCUT2D eigenvalue weighted by molar-refractivity contribution is 7.80. The fraction of sp³-hybridized carbons (Fsp3) is 0.438. The van der Waals surface area contributed by atoms with Gasteiger partial charge in [0.1, 0.15) is 5.92 Å². The summed E-state index contributed by atoms with van der Waals surface area (Å²) in [6.07, 6.45) is -0.268. The van der Waals surface area contributed by atoms with Crippen molar-refractivity contribution in [2.45, 2.75) is 32.9 Å². The van der Waals surface area contributed by atoms with Crippen LogP contribution in [0.2, 0.25) is 0 Å². The van der Waals surface area contributed by atoms with Crippen molar-refractivity contribution in [3.8, 4) is 0 Å². The first kappa shape index (κ1) is 18.0. The van der Waals surface area contributed by atoms with Crippen LogP contribution in [0.4, 0.5) is 5.69 Å². The second-order valence-electron chi connectivity index (χ2n) is 5.91. The van der Waals surface area contributed by atoms with Gasteiger partial charge in [0.2, 0.25) is 0 Å². The number of carbonyl (C=O) groups is 1. The summed E-state index contributed by atoms with van der Waals surface area (Å²) in [7, 11) is 1.72. The topological polar surface area (TPSA) is 85.0 Å². The van der Waals surface area contributed by atoms with E-state index in [-0.39, 0.29) is 11.8 Å². The van der Waals surface area contributed by atoms with Gasteiger partial charge in [0.05, 0.1) is 17.1 Å². The molecule has 1 aliphatic rings. The molecule has 0 bridgehead atoms. The molecule has 0 N–H and O–H groups in total. The number of esters is 1. The van der Waals surface area contributed by atoms with Crippen LogP contribution in [0.15, 0.2) is 29.3 Å². The number of carbonyl (C=O) groups excluding carboxylic acids is 1. The highest BCUT2D eigenvalue weighted by atomic mass is 32.1. The molecule has 1 aromatic rings. The predicted octanol–water partition coefficient (Wildman–Crippen LogP) is 2.89. The summed E-state index contributed by atoms with van der Waals surface area (Å²) >= 11 is 5.25. The second kappa shape index (κ2) is 7.04. The first-order valence-electron chi connectivity index (χ1n) is 7.49. The van der Waals surface area contributed by atoms with E-state index in [1.165, 1.54) is 12.1 Å². The standard InChI is InChI=1S/C16H19N3O4S/c1-9(2)23-15(20)13-10(3)17-16(24)18(4)14(13)11-6-5-7-12(8-11)19(21)22/h5-9,13-14H,1-4H3. The highest BCUT2D eigenvalue weighted by Gasteiger charge is 2.40. The van der Waals surface area contributed by atoms with Crippen molar-refractivity contribution in [3.63, 3.8) is 0 Å². The summed E-state index contributed by atoms with van der Waals surface area (Å²) in [5.74, 6) is -1.09. The zero-order valence-electron chi connectivity index (χ0n) is 13.9. The Morgan fingerprint density at radius 3 is 2.71 bits per heavy atom. The van der Waals surface area contributed by atoms with Gasteiger partial charge in [-0.15, -0.1) is 0 Å². The lowest BCUT2D eigenvalue weighted by molar-refractivity contribution is -0.385. The Morgan fingerprint density at radius 1 is 1.46 bits per heavy atom. The second-order valence-corrected chi connectivity index (χ2v) is 6.27. The van der Waals surface area contributed by atoms with E-state index < -0.39 is 22.9 Å². The number of rotatable bonds is 4. The van der Waals surface area contributed by atoms with Crippen LogP contribution >= 0.6 is 12.2 Å². The molecule has 2 atom stereocenters. The van der Waals surface area contributed by atoms with Crippen LogP contribution in [0, 0.1) is 16.0 Å². The van der Waals surface area contributed by atoms with E-state index >= 15 is 0 Å². The third kappa shape index (κ3) is 3.59. The average molecular weight is 349 g/mol. The first-order valence-corrected chi connectivity index (χ1v) is 7.90. The minimum atomic E-state index is -0.675. The summed E-state index contributed by atoms with van der Waals surface area (Å²) in [6, 6.07) is 5.70. The Balaban J connectivity index is 2.51. The normalized spacial score (nSPS) is 20.8. The molecule has 1 aliphatic heterocycles. The molecule has 128 valence electrons. The van der Waals surface area contributed by atoms with Gasteiger partial charge in [0.25, 0.3) is 5.69 Å². The van der Waals surface area contributed by atoms with E-state index in [0.29, 0.717) is 16.4 Å². The van der Waals surface area contributed by atoms with Crippen LogP contribution in [0.1, 0.15) is 32.4 Å². The molecule has 24 heavy (non-hydrogen) atoms. The van der Waals surface area contributed by atoms with E-state index in [1.807, 2.05) is 0 Å². The number of ether oxygens (including phenoxy) is 1. The summed E-state index contributed by atoms with van der Waals surface area (Å²) in [5.41, 5.74) is 1.12. The number of nitro groups is 1. The van der Waals surface area contributed by atoms with Crippen molar-refractivity contribution in [2.75, 3.05) is 7.05 Å². The van der Waals surface area contributed by atoms with Crippen LogP contribution in [0.25, 0.3) is 0 Å². The van der Waals surface area contributed by atoms with Crippen molar-refractivity contribution >= 4 is 34.7 Å². The zero-order chi connectivity index (χ0) is 18.0. The number of non-ortho nitro benzene ring substituents is 1. The van der Waals surface area contributed by atoms with E-state index in [4.69, 9.17) is 17.0 Å². The monoisotopic (exact) mass is 349 g/mol. The largest absolute Gasteiger partial charge is 0.462 e. The Bertz CT molecular complexity index is 717. The van der Waals surface area contributed by atoms with Crippen LogP contribution < -0.4 is 0 Å². The first-order chi connectivity index (χ1) is 11.2. The number of nitro benzene ring substituents is 1. The lowest BCUT2D eigenvalue weighted by atomic mass is 9.87. The molecule has 0 aromatic heterocycles. The van der Waals surface area contributed by atoms with E-state index in [9.17, 15) is 14.9 Å². The smallest absolute Gasteiger partial charge is 0.317 e.